The number of nitrogens with one attached hydrogen (secondary N) is 1. The monoisotopic (exact) mass is 279 g/mol. The minimum atomic E-state index is 0.0582. The van der Waals surface area contributed by atoms with Crippen molar-refractivity contribution in [2.45, 2.75) is 57.0 Å². The molecule has 0 aromatic rings. The molecule has 0 radical (unpaired) electrons. The Morgan fingerprint density at radius 1 is 1.20 bits per heavy atom. The van der Waals surface area contributed by atoms with Gasteiger partial charge in [-0.25, -0.2) is 0 Å². The summed E-state index contributed by atoms with van der Waals surface area (Å²) in [5.74, 6) is 0.273. The lowest BCUT2D eigenvalue weighted by atomic mass is 9.56. The van der Waals surface area contributed by atoms with Crippen molar-refractivity contribution in [3.05, 3.63) is 0 Å². The fraction of sp³-hybridized carbons (Fsp3) is 0.938. The Morgan fingerprint density at radius 2 is 1.95 bits per heavy atom. The van der Waals surface area contributed by atoms with E-state index in [1.807, 2.05) is 14.1 Å². The van der Waals surface area contributed by atoms with Crippen LogP contribution in [0.2, 0.25) is 0 Å². The summed E-state index contributed by atoms with van der Waals surface area (Å²) in [5, 5.41) is 3.41. The smallest absolute Gasteiger partial charge is 0.240 e. The average molecular weight is 279 g/mol. The van der Waals surface area contributed by atoms with Gasteiger partial charge in [0.1, 0.15) is 6.04 Å². The van der Waals surface area contributed by atoms with Gasteiger partial charge in [-0.15, -0.1) is 0 Å². The summed E-state index contributed by atoms with van der Waals surface area (Å²) in [5.41, 5.74) is 0.556. The molecule has 4 nitrogen and oxygen atoms in total. The first-order chi connectivity index (χ1) is 9.64. The topological polar surface area (TPSA) is 35.6 Å². The third-order valence-corrected chi connectivity index (χ3v) is 5.88. The van der Waals surface area contributed by atoms with Crippen LogP contribution in [0, 0.1) is 5.41 Å². The quantitative estimate of drug-likeness (QED) is 0.831. The van der Waals surface area contributed by atoms with E-state index >= 15 is 0 Å². The van der Waals surface area contributed by atoms with Gasteiger partial charge in [-0.3, -0.25) is 9.69 Å². The van der Waals surface area contributed by atoms with E-state index < -0.39 is 0 Å². The zero-order valence-corrected chi connectivity index (χ0v) is 13.0. The molecular formula is C16H29N3O. The number of carbonyl (C=O) groups excluding carboxylic acids is 1. The molecule has 0 aromatic carbocycles. The number of rotatable bonds is 2. The lowest BCUT2D eigenvalue weighted by Crippen LogP contribution is -2.66. The van der Waals surface area contributed by atoms with Crippen molar-refractivity contribution in [3.8, 4) is 0 Å². The molecule has 2 atom stereocenters. The van der Waals surface area contributed by atoms with Crippen molar-refractivity contribution in [2.24, 2.45) is 5.41 Å². The Labute approximate surface area is 122 Å². The molecule has 1 spiro atoms. The fourth-order valence-electron chi connectivity index (χ4n) is 4.66. The van der Waals surface area contributed by atoms with Crippen molar-refractivity contribution < 1.29 is 4.79 Å². The first kappa shape index (κ1) is 14.3. The second-order valence-corrected chi connectivity index (χ2v) is 7.17. The molecule has 2 aliphatic carbocycles. The molecule has 0 bridgehead atoms. The van der Waals surface area contributed by atoms with Gasteiger partial charge in [0, 0.05) is 39.8 Å². The Hall–Kier alpha value is -0.610. The van der Waals surface area contributed by atoms with Crippen molar-refractivity contribution in [1.29, 1.82) is 0 Å². The van der Waals surface area contributed by atoms with Crippen LogP contribution in [0.5, 0.6) is 0 Å². The van der Waals surface area contributed by atoms with Gasteiger partial charge < -0.3 is 10.2 Å². The molecule has 1 aliphatic heterocycles. The number of hydrogen-bond donors (Lipinski definition) is 1. The molecule has 20 heavy (non-hydrogen) atoms. The maximum atomic E-state index is 12.5. The van der Waals surface area contributed by atoms with Crippen molar-refractivity contribution in [2.75, 3.05) is 33.7 Å². The summed E-state index contributed by atoms with van der Waals surface area (Å²) in [6.07, 6.45) is 9.69. The number of carbonyl (C=O) groups is 1. The standard InChI is InChI=1S/C16H29N3O/c1-18(2)15(20)13-12-17-10-11-19(13)14-6-9-16(14)7-4-3-5-8-16/h13-14,17H,3-12H2,1-2H3. The molecule has 2 saturated carbocycles. The van der Waals surface area contributed by atoms with Gasteiger partial charge in [0.2, 0.25) is 5.91 Å². The van der Waals surface area contributed by atoms with Crippen LogP contribution in [0.25, 0.3) is 0 Å². The van der Waals surface area contributed by atoms with Crippen molar-refractivity contribution in [1.82, 2.24) is 15.1 Å². The van der Waals surface area contributed by atoms with Gasteiger partial charge in [0.15, 0.2) is 0 Å². The number of hydrogen-bond acceptors (Lipinski definition) is 3. The highest BCUT2D eigenvalue weighted by Crippen LogP contribution is 2.54. The number of piperazine rings is 1. The zero-order valence-electron chi connectivity index (χ0n) is 13.0. The summed E-state index contributed by atoms with van der Waals surface area (Å²) in [6.45, 7) is 2.89. The molecule has 3 aliphatic rings. The number of nitrogens with zero attached hydrogens (tertiary/aromatic N) is 2. The predicted octanol–water partition coefficient (Wildman–Crippen LogP) is 1.46. The maximum absolute atomic E-state index is 12.5. The molecule has 1 heterocycles. The van der Waals surface area contributed by atoms with Gasteiger partial charge in [-0.2, -0.15) is 0 Å². The van der Waals surface area contributed by atoms with Crippen molar-refractivity contribution in [3.63, 3.8) is 0 Å². The van der Waals surface area contributed by atoms with Gasteiger partial charge in [-0.1, -0.05) is 19.3 Å². The summed E-state index contributed by atoms with van der Waals surface area (Å²) >= 11 is 0. The molecule has 3 rings (SSSR count). The highest BCUT2D eigenvalue weighted by Gasteiger charge is 2.51. The first-order valence-corrected chi connectivity index (χ1v) is 8.32. The van der Waals surface area contributed by atoms with Crippen LogP contribution in [0.3, 0.4) is 0 Å². The van der Waals surface area contributed by atoms with Crippen LogP contribution < -0.4 is 5.32 Å². The Bertz CT molecular complexity index is 363. The summed E-state index contributed by atoms with van der Waals surface area (Å²) in [6, 6.07) is 0.724. The molecule has 1 saturated heterocycles. The molecule has 4 heteroatoms. The summed E-state index contributed by atoms with van der Waals surface area (Å²) < 4.78 is 0. The molecular weight excluding hydrogens is 250 g/mol. The molecule has 3 fully saturated rings. The van der Waals surface area contributed by atoms with E-state index in [1.54, 1.807) is 4.90 Å². The first-order valence-electron chi connectivity index (χ1n) is 8.32. The predicted molar refractivity (Wildman–Crippen MR) is 80.6 cm³/mol. The fourth-order valence-corrected chi connectivity index (χ4v) is 4.66. The van der Waals surface area contributed by atoms with E-state index in [4.69, 9.17) is 0 Å². The Morgan fingerprint density at radius 3 is 2.55 bits per heavy atom. The highest BCUT2D eigenvalue weighted by molar-refractivity contribution is 5.81. The van der Waals surface area contributed by atoms with E-state index in [-0.39, 0.29) is 11.9 Å². The second-order valence-electron chi connectivity index (χ2n) is 7.17. The Kier molecular flexibility index (Phi) is 4.04. The van der Waals surface area contributed by atoms with Gasteiger partial charge in [0.25, 0.3) is 0 Å². The van der Waals surface area contributed by atoms with Gasteiger partial charge >= 0.3 is 0 Å². The van der Waals surface area contributed by atoms with Crippen molar-refractivity contribution >= 4 is 5.91 Å². The van der Waals surface area contributed by atoms with Crippen LogP contribution in [0.15, 0.2) is 0 Å². The third-order valence-electron chi connectivity index (χ3n) is 5.88. The maximum Gasteiger partial charge on any atom is 0.240 e. The highest BCUT2D eigenvalue weighted by atomic mass is 16.2. The number of amides is 1. The van der Waals surface area contributed by atoms with E-state index in [0.717, 1.165) is 19.6 Å². The van der Waals surface area contributed by atoms with Crippen LogP contribution >= 0.6 is 0 Å². The average Bonchev–Trinajstić information content (AvgIpc) is 2.47. The second kappa shape index (κ2) is 5.64. The largest absolute Gasteiger partial charge is 0.347 e. The minimum absolute atomic E-state index is 0.0582. The van der Waals surface area contributed by atoms with E-state index in [2.05, 4.69) is 10.2 Å². The van der Waals surface area contributed by atoms with E-state index in [9.17, 15) is 4.79 Å². The summed E-state index contributed by atoms with van der Waals surface area (Å²) in [4.78, 5) is 16.8. The molecule has 1 N–H and O–H groups in total. The number of likely N-dealkylation sites (N-methyl/N-ethyl adjacent to an activating group) is 1. The molecule has 114 valence electrons. The SMILES string of the molecule is CN(C)C(=O)C1CNCCN1C1CCC12CCCCC2. The zero-order chi connectivity index (χ0) is 14.2. The molecule has 0 aromatic heterocycles. The lowest BCUT2D eigenvalue weighted by Gasteiger charge is -2.58. The minimum Gasteiger partial charge on any atom is -0.347 e. The van der Waals surface area contributed by atoms with Crippen LogP contribution in [0.4, 0.5) is 0 Å². The van der Waals surface area contributed by atoms with E-state index in [1.165, 1.54) is 44.9 Å². The Balaban J connectivity index is 1.74. The van der Waals surface area contributed by atoms with Crippen LogP contribution in [-0.4, -0.2) is 61.5 Å². The molecule has 2 unspecified atom stereocenters. The third kappa shape index (κ3) is 2.37. The normalized spacial score (nSPS) is 33.7. The lowest BCUT2D eigenvalue weighted by molar-refractivity contribution is -0.143. The van der Waals surface area contributed by atoms with Crippen LogP contribution in [0.1, 0.15) is 44.9 Å². The summed E-state index contributed by atoms with van der Waals surface area (Å²) in [7, 11) is 3.76. The van der Waals surface area contributed by atoms with Crippen LogP contribution in [-0.2, 0) is 4.79 Å². The van der Waals surface area contributed by atoms with Gasteiger partial charge in [0.05, 0.1) is 0 Å². The molecule has 1 amide bonds. The van der Waals surface area contributed by atoms with E-state index in [0.29, 0.717) is 11.5 Å². The van der Waals surface area contributed by atoms with Gasteiger partial charge in [-0.05, 0) is 31.1 Å².